The third kappa shape index (κ3) is 3.59. The second kappa shape index (κ2) is 6.56. The number of aryl methyl sites for hydroxylation is 1. The zero-order valence-electron chi connectivity index (χ0n) is 12.9. The van der Waals surface area contributed by atoms with Crippen molar-refractivity contribution < 1.29 is 0 Å². The van der Waals surface area contributed by atoms with Crippen LogP contribution in [0.1, 0.15) is 70.2 Å². The van der Waals surface area contributed by atoms with Crippen LogP contribution in [-0.4, -0.2) is 15.8 Å². The Balaban J connectivity index is 2.09. The second-order valence-corrected chi connectivity index (χ2v) is 6.28. The van der Waals surface area contributed by atoms with Gasteiger partial charge in [0.25, 0.3) is 0 Å². The summed E-state index contributed by atoms with van der Waals surface area (Å²) in [6.45, 7) is 9.77. The molecule has 0 bridgehead atoms. The van der Waals surface area contributed by atoms with E-state index < -0.39 is 0 Å². The van der Waals surface area contributed by atoms with E-state index in [2.05, 4.69) is 43.9 Å². The summed E-state index contributed by atoms with van der Waals surface area (Å²) < 4.78 is 2.26. The van der Waals surface area contributed by atoms with Crippen molar-refractivity contribution in [3.05, 3.63) is 17.5 Å². The fourth-order valence-electron chi connectivity index (χ4n) is 3.19. The lowest BCUT2D eigenvalue weighted by atomic mass is 9.83. The molecule has 108 valence electrons. The van der Waals surface area contributed by atoms with Crippen molar-refractivity contribution in [2.45, 2.75) is 78.4 Å². The molecule has 0 saturated heterocycles. The Bertz CT molecular complexity index is 395. The molecule has 1 aromatic rings. The molecule has 0 radical (unpaired) electrons. The largest absolute Gasteiger partial charge is 0.310 e. The van der Waals surface area contributed by atoms with Crippen molar-refractivity contribution in [1.29, 1.82) is 0 Å². The molecule has 19 heavy (non-hydrogen) atoms. The molecule has 1 fully saturated rings. The Labute approximate surface area is 117 Å². The molecule has 3 nitrogen and oxygen atoms in total. The molecular weight excluding hydrogens is 234 g/mol. The van der Waals surface area contributed by atoms with Crippen LogP contribution in [0, 0.1) is 12.8 Å². The summed E-state index contributed by atoms with van der Waals surface area (Å²) in [7, 11) is 0. The maximum atomic E-state index is 4.79. The smallest absolute Gasteiger partial charge is 0.0638 e. The number of nitrogens with one attached hydrogen (secondary N) is 1. The number of rotatable bonds is 5. The van der Waals surface area contributed by atoms with E-state index in [0.29, 0.717) is 12.1 Å². The summed E-state index contributed by atoms with van der Waals surface area (Å²) >= 11 is 0. The minimum absolute atomic E-state index is 0.529. The summed E-state index contributed by atoms with van der Waals surface area (Å²) in [4.78, 5) is 0. The summed E-state index contributed by atoms with van der Waals surface area (Å²) in [5.41, 5.74) is 2.54. The first-order valence-corrected chi connectivity index (χ1v) is 7.89. The van der Waals surface area contributed by atoms with Crippen LogP contribution < -0.4 is 5.32 Å². The van der Waals surface area contributed by atoms with Crippen LogP contribution >= 0.6 is 0 Å². The van der Waals surface area contributed by atoms with Gasteiger partial charge in [-0.3, -0.25) is 4.68 Å². The summed E-state index contributed by atoms with van der Waals surface area (Å²) in [5, 5.41) is 8.28. The molecule has 2 unspecified atom stereocenters. The predicted octanol–water partition coefficient (Wildman–Crippen LogP) is 3.83. The monoisotopic (exact) mass is 263 g/mol. The molecule has 0 amide bonds. The van der Waals surface area contributed by atoms with E-state index >= 15 is 0 Å². The van der Waals surface area contributed by atoms with Crippen LogP contribution in [0.4, 0.5) is 0 Å². The second-order valence-electron chi connectivity index (χ2n) is 6.28. The minimum atomic E-state index is 0.529. The van der Waals surface area contributed by atoms with Gasteiger partial charge in [0, 0.05) is 24.3 Å². The molecule has 0 aromatic carbocycles. The molecule has 1 aromatic heterocycles. The van der Waals surface area contributed by atoms with Crippen LogP contribution in [-0.2, 0) is 6.54 Å². The van der Waals surface area contributed by atoms with Gasteiger partial charge in [0.2, 0.25) is 0 Å². The van der Waals surface area contributed by atoms with E-state index in [4.69, 9.17) is 5.10 Å². The Morgan fingerprint density at radius 2 is 2.11 bits per heavy atom. The standard InChI is InChI=1S/C16H29N3/c1-5-14-8-6-7-9-16(14)19-11-15(13(4)18-19)10-17-12(2)3/h11-12,14,16-17H,5-10H2,1-4H3. The third-order valence-electron chi connectivity index (χ3n) is 4.45. The summed E-state index contributed by atoms with van der Waals surface area (Å²) in [6.07, 6.45) is 9.00. The fraction of sp³-hybridized carbons (Fsp3) is 0.812. The zero-order valence-corrected chi connectivity index (χ0v) is 12.9. The summed E-state index contributed by atoms with van der Waals surface area (Å²) in [6, 6.07) is 1.16. The average Bonchev–Trinajstić information content (AvgIpc) is 2.77. The van der Waals surface area contributed by atoms with Crippen LogP contribution in [0.25, 0.3) is 0 Å². The lowest BCUT2D eigenvalue weighted by molar-refractivity contribution is 0.217. The first-order valence-electron chi connectivity index (χ1n) is 7.89. The van der Waals surface area contributed by atoms with Gasteiger partial charge in [-0.25, -0.2) is 0 Å². The molecule has 1 saturated carbocycles. The molecule has 0 spiro atoms. The Kier molecular flexibility index (Phi) is 5.03. The Morgan fingerprint density at radius 1 is 1.37 bits per heavy atom. The normalized spacial score (nSPS) is 24.1. The minimum Gasteiger partial charge on any atom is -0.310 e. The highest BCUT2D eigenvalue weighted by Crippen LogP contribution is 2.35. The zero-order chi connectivity index (χ0) is 13.8. The van der Waals surface area contributed by atoms with E-state index in [0.717, 1.165) is 12.5 Å². The third-order valence-corrected chi connectivity index (χ3v) is 4.45. The van der Waals surface area contributed by atoms with E-state index in [-0.39, 0.29) is 0 Å². The van der Waals surface area contributed by atoms with Crippen molar-refractivity contribution in [2.24, 2.45) is 5.92 Å². The maximum absolute atomic E-state index is 4.79. The highest BCUT2D eigenvalue weighted by atomic mass is 15.3. The lowest BCUT2D eigenvalue weighted by Crippen LogP contribution is -2.23. The van der Waals surface area contributed by atoms with Gasteiger partial charge in [0.05, 0.1) is 11.7 Å². The quantitative estimate of drug-likeness (QED) is 0.875. The predicted molar refractivity (Wildman–Crippen MR) is 80.2 cm³/mol. The molecule has 1 aliphatic carbocycles. The fourth-order valence-corrected chi connectivity index (χ4v) is 3.19. The highest BCUT2D eigenvalue weighted by molar-refractivity contribution is 5.15. The van der Waals surface area contributed by atoms with Crippen molar-refractivity contribution in [3.63, 3.8) is 0 Å². The van der Waals surface area contributed by atoms with Crippen LogP contribution in [0.5, 0.6) is 0 Å². The van der Waals surface area contributed by atoms with E-state index in [1.54, 1.807) is 0 Å². The molecule has 1 N–H and O–H groups in total. The van der Waals surface area contributed by atoms with Crippen molar-refractivity contribution >= 4 is 0 Å². The first-order chi connectivity index (χ1) is 9.11. The Hall–Kier alpha value is -0.830. The van der Waals surface area contributed by atoms with Gasteiger partial charge in [-0.15, -0.1) is 0 Å². The number of aromatic nitrogens is 2. The van der Waals surface area contributed by atoms with Gasteiger partial charge in [-0.1, -0.05) is 40.0 Å². The molecule has 0 aliphatic heterocycles. The number of hydrogen-bond acceptors (Lipinski definition) is 2. The SMILES string of the molecule is CCC1CCCCC1n1cc(CNC(C)C)c(C)n1. The lowest BCUT2D eigenvalue weighted by Gasteiger charge is -2.31. The van der Waals surface area contributed by atoms with E-state index in [9.17, 15) is 0 Å². The topological polar surface area (TPSA) is 29.9 Å². The van der Waals surface area contributed by atoms with Crippen LogP contribution in [0.2, 0.25) is 0 Å². The van der Waals surface area contributed by atoms with Gasteiger partial charge in [-0.05, 0) is 25.7 Å². The van der Waals surface area contributed by atoms with Crippen LogP contribution in [0.15, 0.2) is 6.20 Å². The number of nitrogens with zero attached hydrogens (tertiary/aromatic N) is 2. The molecule has 1 aliphatic rings. The number of hydrogen-bond donors (Lipinski definition) is 1. The van der Waals surface area contributed by atoms with Gasteiger partial charge >= 0.3 is 0 Å². The molecule has 3 heteroatoms. The highest BCUT2D eigenvalue weighted by Gasteiger charge is 2.26. The Morgan fingerprint density at radius 3 is 2.79 bits per heavy atom. The van der Waals surface area contributed by atoms with Crippen molar-refractivity contribution in [2.75, 3.05) is 0 Å². The average molecular weight is 263 g/mol. The maximum Gasteiger partial charge on any atom is 0.0638 e. The van der Waals surface area contributed by atoms with E-state index in [1.165, 1.54) is 43.4 Å². The van der Waals surface area contributed by atoms with Gasteiger partial charge in [0.15, 0.2) is 0 Å². The van der Waals surface area contributed by atoms with Crippen LogP contribution in [0.3, 0.4) is 0 Å². The summed E-state index contributed by atoms with van der Waals surface area (Å²) in [5.74, 6) is 0.818. The molecule has 2 atom stereocenters. The van der Waals surface area contributed by atoms with Crippen molar-refractivity contribution in [3.8, 4) is 0 Å². The molecule has 1 heterocycles. The van der Waals surface area contributed by atoms with Gasteiger partial charge < -0.3 is 5.32 Å². The van der Waals surface area contributed by atoms with E-state index in [1.807, 2.05) is 0 Å². The van der Waals surface area contributed by atoms with Gasteiger partial charge in [0.1, 0.15) is 0 Å². The van der Waals surface area contributed by atoms with Gasteiger partial charge in [-0.2, -0.15) is 5.10 Å². The first kappa shape index (κ1) is 14.6. The van der Waals surface area contributed by atoms with Crippen molar-refractivity contribution in [1.82, 2.24) is 15.1 Å². The molecular formula is C16H29N3. The molecule has 2 rings (SSSR count).